The highest BCUT2D eigenvalue weighted by molar-refractivity contribution is 5.37. The first-order valence-corrected chi connectivity index (χ1v) is 6.34. The van der Waals surface area contributed by atoms with Gasteiger partial charge in [-0.25, -0.2) is 0 Å². The normalized spacial score (nSPS) is 9.47. The molecule has 0 spiro atoms. The van der Waals surface area contributed by atoms with Gasteiger partial charge in [0.2, 0.25) is 5.82 Å². The van der Waals surface area contributed by atoms with E-state index in [0.717, 1.165) is 31.6 Å². The summed E-state index contributed by atoms with van der Waals surface area (Å²) in [5, 5.41) is 13.4. The number of hydrogen-bond donors (Lipinski definition) is 1. The number of nitrogens with zero attached hydrogens (tertiary/aromatic N) is 1. The van der Waals surface area contributed by atoms with Crippen molar-refractivity contribution in [1.82, 2.24) is 5.32 Å². The number of nitro benzene ring substituents is 1. The summed E-state index contributed by atoms with van der Waals surface area (Å²) in [5.41, 5.74) is -0.533. The Balaban J connectivity index is 0.000000555. The minimum Gasteiger partial charge on any atom is -0.493 e. The highest BCUT2D eigenvalue weighted by atomic mass is 19.1. The number of nitro groups is 1. The third-order valence-electron chi connectivity index (χ3n) is 2.09. The fraction of sp³-hybridized carbons (Fsp3) is 0.538. The van der Waals surface area contributed by atoms with E-state index in [1.165, 1.54) is 6.07 Å². The van der Waals surface area contributed by atoms with E-state index in [1.54, 1.807) is 0 Å². The zero-order valence-electron chi connectivity index (χ0n) is 11.6. The molecule has 1 N–H and O–H groups in total. The van der Waals surface area contributed by atoms with Crippen molar-refractivity contribution in [1.29, 1.82) is 0 Å². The van der Waals surface area contributed by atoms with Crippen molar-refractivity contribution in [3.05, 3.63) is 34.1 Å². The maximum Gasteiger partial charge on any atom is 0.305 e. The summed E-state index contributed by atoms with van der Waals surface area (Å²) in [4.78, 5) is 9.51. The molecule has 0 aliphatic heterocycles. The van der Waals surface area contributed by atoms with Crippen LogP contribution in [-0.2, 0) is 0 Å². The van der Waals surface area contributed by atoms with Crippen LogP contribution in [0.4, 0.5) is 10.1 Å². The van der Waals surface area contributed by atoms with Crippen LogP contribution in [0.3, 0.4) is 0 Å². The fourth-order valence-electron chi connectivity index (χ4n) is 1.20. The van der Waals surface area contributed by atoms with Crippen LogP contribution in [0.25, 0.3) is 0 Å². The lowest BCUT2D eigenvalue weighted by molar-refractivity contribution is -0.387. The van der Waals surface area contributed by atoms with E-state index < -0.39 is 16.4 Å². The molecule has 6 heteroatoms. The lowest BCUT2D eigenvalue weighted by Crippen LogP contribution is -2.09. The zero-order chi connectivity index (χ0) is 14.7. The second-order valence-corrected chi connectivity index (χ2v) is 3.68. The molecule has 0 heterocycles. The van der Waals surface area contributed by atoms with E-state index >= 15 is 0 Å². The Bertz CT molecular complexity index is 384. The number of nitrogens with one attached hydrogen (secondary N) is 1. The second kappa shape index (κ2) is 10.3. The van der Waals surface area contributed by atoms with Gasteiger partial charge in [0.25, 0.3) is 0 Å². The average molecular weight is 272 g/mol. The first kappa shape index (κ1) is 17.3. The lowest BCUT2D eigenvalue weighted by atomic mass is 10.3. The highest BCUT2D eigenvalue weighted by Crippen LogP contribution is 2.22. The van der Waals surface area contributed by atoms with E-state index in [4.69, 9.17) is 4.74 Å². The standard InChI is InChI=1S/C9H10FNO3.C4H11N/c1-2-5-14-7-3-4-9(11(12)13)8(10)6-7;1-3-5-4-2/h3-4,6H,2,5H2,1H3;5H,3-4H2,1-2H3. The minimum atomic E-state index is -0.872. The molecule has 19 heavy (non-hydrogen) atoms. The monoisotopic (exact) mass is 272 g/mol. The van der Waals surface area contributed by atoms with Gasteiger partial charge in [-0.05, 0) is 25.6 Å². The molecule has 1 rings (SSSR count). The lowest BCUT2D eigenvalue weighted by Gasteiger charge is -2.03. The van der Waals surface area contributed by atoms with Gasteiger partial charge in [0.15, 0.2) is 0 Å². The number of ether oxygens (including phenoxy) is 1. The topological polar surface area (TPSA) is 64.4 Å². The first-order valence-electron chi connectivity index (χ1n) is 6.34. The van der Waals surface area contributed by atoms with Crippen LogP contribution in [0.2, 0.25) is 0 Å². The van der Waals surface area contributed by atoms with Gasteiger partial charge in [-0.2, -0.15) is 4.39 Å². The molecule has 0 bridgehead atoms. The molecule has 1 aromatic carbocycles. The molecule has 0 saturated carbocycles. The Morgan fingerprint density at radius 2 is 1.95 bits per heavy atom. The molecule has 1 aromatic rings. The Hall–Kier alpha value is -1.69. The Kier molecular flexibility index (Phi) is 9.34. The van der Waals surface area contributed by atoms with Gasteiger partial charge in [-0.1, -0.05) is 20.8 Å². The van der Waals surface area contributed by atoms with Gasteiger partial charge in [0.1, 0.15) is 5.75 Å². The van der Waals surface area contributed by atoms with Crippen LogP contribution in [0.15, 0.2) is 18.2 Å². The van der Waals surface area contributed by atoms with Crippen LogP contribution in [-0.4, -0.2) is 24.6 Å². The Morgan fingerprint density at radius 3 is 2.32 bits per heavy atom. The van der Waals surface area contributed by atoms with Crippen LogP contribution >= 0.6 is 0 Å². The summed E-state index contributed by atoms with van der Waals surface area (Å²) in [6.07, 6.45) is 0.804. The molecule has 5 nitrogen and oxygen atoms in total. The van der Waals surface area contributed by atoms with Crippen molar-refractivity contribution in [3.63, 3.8) is 0 Å². The van der Waals surface area contributed by atoms with Crippen LogP contribution in [0.1, 0.15) is 27.2 Å². The predicted molar refractivity (Wildman–Crippen MR) is 73.1 cm³/mol. The molecule has 0 unspecified atom stereocenters. The zero-order valence-corrected chi connectivity index (χ0v) is 11.6. The molecule has 0 saturated heterocycles. The quantitative estimate of drug-likeness (QED) is 0.638. The largest absolute Gasteiger partial charge is 0.493 e. The smallest absolute Gasteiger partial charge is 0.305 e. The summed E-state index contributed by atoms with van der Waals surface area (Å²) in [6.45, 7) is 8.78. The van der Waals surface area contributed by atoms with Crippen LogP contribution in [0.5, 0.6) is 5.75 Å². The molecule has 0 atom stereocenters. The molecule has 0 amide bonds. The predicted octanol–water partition coefficient (Wildman–Crippen LogP) is 3.14. The number of hydrogen-bond acceptors (Lipinski definition) is 4. The van der Waals surface area contributed by atoms with Crippen molar-refractivity contribution in [2.75, 3.05) is 19.7 Å². The van der Waals surface area contributed by atoms with Gasteiger partial charge >= 0.3 is 5.69 Å². The van der Waals surface area contributed by atoms with Gasteiger partial charge in [-0.15, -0.1) is 0 Å². The van der Waals surface area contributed by atoms with E-state index in [0.29, 0.717) is 12.4 Å². The maximum absolute atomic E-state index is 13.0. The maximum atomic E-state index is 13.0. The van der Waals surface area contributed by atoms with Crippen molar-refractivity contribution in [2.45, 2.75) is 27.2 Å². The fourth-order valence-corrected chi connectivity index (χ4v) is 1.20. The first-order chi connectivity index (χ1) is 9.06. The summed E-state index contributed by atoms with van der Waals surface area (Å²) >= 11 is 0. The van der Waals surface area contributed by atoms with E-state index in [9.17, 15) is 14.5 Å². The number of halogens is 1. The van der Waals surface area contributed by atoms with Crippen molar-refractivity contribution >= 4 is 5.69 Å². The van der Waals surface area contributed by atoms with Gasteiger partial charge in [-0.3, -0.25) is 10.1 Å². The molecular weight excluding hydrogens is 251 g/mol. The number of benzene rings is 1. The summed E-state index contributed by atoms with van der Waals surface area (Å²) in [5.74, 6) is -0.557. The summed E-state index contributed by atoms with van der Waals surface area (Å²) in [6, 6.07) is 3.50. The van der Waals surface area contributed by atoms with Crippen molar-refractivity contribution < 1.29 is 14.1 Å². The molecule has 0 aromatic heterocycles. The molecular formula is C13H21FN2O3. The van der Waals surface area contributed by atoms with Gasteiger partial charge in [0, 0.05) is 12.1 Å². The van der Waals surface area contributed by atoms with E-state index in [1.807, 2.05) is 6.92 Å². The van der Waals surface area contributed by atoms with E-state index in [2.05, 4.69) is 19.2 Å². The summed E-state index contributed by atoms with van der Waals surface area (Å²) in [7, 11) is 0. The summed E-state index contributed by atoms with van der Waals surface area (Å²) < 4.78 is 18.1. The molecule has 108 valence electrons. The Morgan fingerprint density at radius 1 is 1.32 bits per heavy atom. The van der Waals surface area contributed by atoms with Gasteiger partial charge < -0.3 is 10.1 Å². The van der Waals surface area contributed by atoms with Crippen molar-refractivity contribution in [2.24, 2.45) is 0 Å². The molecule has 0 aliphatic carbocycles. The molecule has 0 fully saturated rings. The minimum absolute atomic E-state index is 0.315. The molecule has 0 radical (unpaired) electrons. The highest BCUT2D eigenvalue weighted by Gasteiger charge is 2.13. The number of rotatable bonds is 6. The van der Waals surface area contributed by atoms with Crippen molar-refractivity contribution in [3.8, 4) is 5.75 Å². The third kappa shape index (κ3) is 7.35. The SMILES string of the molecule is CCCOc1ccc([N+](=O)[O-])c(F)c1.CCNCC. The van der Waals surface area contributed by atoms with Crippen LogP contribution in [0, 0.1) is 15.9 Å². The second-order valence-electron chi connectivity index (χ2n) is 3.68. The van der Waals surface area contributed by atoms with Gasteiger partial charge in [0.05, 0.1) is 11.5 Å². The average Bonchev–Trinajstić information content (AvgIpc) is 2.37. The van der Waals surface area contributed by atoms with E-state index in [-0.39, 0.29) is 0 Å². The third-order valence-corrected chi connectivity index (χ3v) is 2.09. The Labute approximate surface area is 112 Å². The van der Waals surface area contributed by atoms with Crippen LogP contribution < -0.4 is 10.1 Å². The molecule has 0 aliphatic rings.